The van der Waals surface area contributed by atoms with Crippen molar-refractivity contribution in [1.29, 1.82) is 0 Å². The van der Waals surface area contributed by atoms with Crippen LogP contribution in [0, 0.1) is 0 Å². The Morgan fingerprint density at radius 1 is 0.440 bits per heavy atom. The van der Waals surface area contributed by atoms with Gasteiger partial charge in [0.15, 0.2) is 17.5 Å². The molecule has 0 saturated carbocycles. The zero-order valence-corrected chi connectivity index (χ0v) is 26.7. The molecule has 0 aliphatic heterocycles. The maximum atomic E-state index is 6.58. The average Bonchev–Trinajstić information content (AvgIpc) is 3.74. The monoisotopic (exact) mass is 641 g/mol. The summed E-state index contributed by atoms with van der Waals surface area (Å²) in [5.74, 6) is 2.44. The summed E-state index contributed by atoms with van der Waals surface area (Å²) in [6.45, 7) is 0. The third-order valence-corrected chi connectivity index (χ3v) is 9.31. The summed E-state index contributed by atoms with van der Waals surface area (Å²) in [4.78, 5) is 20.5. The van der Waals surface area contributed by atoms with Crippen LogP contribution in [0.1, 0.15) is 0 Å². The van der Waals surface area contributed by atoms with Crippen LogP contribution in [0.4, 0.5) is 0 Å². The maximum Gasteiger partial charge on any atom is 0.167 e. The van der Waals surface area contributed by atoms with E-state index >= 15 is 0 Å². The highest BCUT2D eigenvalue weighted by Gasteiger charge is 2.23. The Morgan fingerprint density at radius 3 is 1.72 bits per heavy atom. The minimum Gasteiger partial charge on any atom is -0.455 e. The van der Waals surface area contributed by atoms with Crippen molar-refractivity contribution >= 4 is 43.7 Å². The molecule has 0 aliphatic rings. The van der Waals surface area contributed by atoms with Crippen molar-refractivity contribution < 1.29 is 4.42 Å². The van der Waals surface area contributed by atoms with E-state index in [4.69, 9.17) is 24.4 Å². The van der Waals surface area contributed by atoms with Crippen molar-refractivity contribution in [2.45, 2.75) is 0 Å². The van der Waals surface area contributed by atoms with Crippen LogP contribution in [0.15, 0.2) is 168 Å². The van der Waals surface area contributed by atoms with Gasteiger partial charge in [0, 0.05) is 39.0 Å². The van der Waals surface area contributed by atoms with Gasteiger partial charge in [0.2, 0.25) is 0 Å². The Morgan fingerprint density at radius 2 is 1.02 bits per heavy atom. The highest BCUT2D eigenvalue weighted by molar-refractivity contribution is 6.23. The van der Waals surface area contributed by atoms with Gasteiger partial charge in [-0.2, -0.15) is 0 Å². The topological polar surface area (TPSA) is 69.6 Å². The first-order valence-electron chi connectivity index (χ1n) is 16.6. The lowest BCUT2D eigenvalue weighted by molar-refractivity contribution is 0.673. The molecular weight excluding hydrogens is 615 g/mol. The molecule has 4 aromatic heterocycles. The van der Waals surface area contributed by atoms with Gasteiger partial charge in [-0.3, -0.25) is 4.57 Å². The zero-order valence-electron chi connectivity index (χ0n) is 26.7. The van der Waals surface area contributed by atoms with Crippen LogP contribution in [-0.4, -0.2) is 24.5 Å². The van der Waals surface area contributed by atoms with E-state index in [9.17, 15) is 0 Å². The van der Waals surface area contributed by atoms with Gasteiger partial charge >= 0.3 is 0 Å². The number of para-hydroxylation sites is 2. The Bertz CT molecular complexity index is 2800. The first-order chi connectivity index (χ1) is 24.8. The number of benzene rings is 6. The normalized spacial score (nSPS) is 11.6. The van der Waals surface area contributed by atoms with E-state index in [0.717, 1.165) is 77.4 Å². The van der Waals surface area contributed by atoms with Crippen LogP contribution >= 0.6 is 0 Å². The number of aromatic nitrogens is 5. The molecule has 0 radical (unpaired) electrons. The molecule has 0 spiro atoms. The third kappa shape index (κ3) is 4.50. The predicted octanol–water partition coefficient (Wildman–Crippen LogP) is 10.9. The lowest BCUT2D eigenvalue weighted by atomic mass is 10.0. The molecule has 0 fully saturated rings. The average molecular weight is 642 g/mol. The number of pyridine rings is 1. The highest BCUT2D eigenvalue weighted by Crippen LogP contribution is 2.42. The van der Waals surface area contributed by atoms with Crippen LogP contribution in [-0.2, 0) is 0 Å². The molecule has 0 bridgehead atoms. The van der Waals surface area contributed by atoms with Crippen molar-refractivity contribution in [3.05, 3.63) is 164 Å². The van der Waals surface area contributed by atoms with Crippen LogP contribution in [0.25, 0.3) is 94.9 Å². The molecule has 10 aromatic rings. The smallest absolute Gasteiger partial charge is 0.167 e. The minimum atomic E-state index is 0.536. The lowest BCUT2D eigenvalue weighted by Crippen LogP contribution is -2.05. The van der Waals surface area contributed by atoms with E-state index in [1.54, 1.807) is 0 Å². The Hall–Kier alpha value is -6.92. The molecule has 50 heavy (non-hydrogen) atoms. The molecular formula is C44H27N5O. The van der Waals surface area contributed by atoms with Gasteiger partial charge < -0.3 is 4.42 Å². The van der Waals surface area contributed by atoms with Gasteiger partial charge in [-0.15, -0.1) is 0 Å². The van der Waals surface area contributed by atoms with Crippen molar-refractivity contribution in [1.82, 2.24) is 24.5 Å². The fourth-order valence-electron chi connectivity index (χ4n) is 6.98. The summed E-state index contributed by atoms with van der Waals surface area (Å²) in [5.41, 5.74) is 8.35. The summed E-state index contributed by atoms with van der Waals surface area (Å²) in [6, 6.07) is 53.5. The van der Waals surface area contributed by atoms with Crippen molar-refractivity contribution in [3.8, 4) is 51.1 Å². The van der Waals surface area contributed by atoms with Crippen molar-refractivity contribution in [3.63, 3.8) is 0 Å². The van der Waals surface area contributed by atoms with E-state index in [-0.39, 0.29) is 0 Å². The maximum absolute atomic E-state index is 6.58. The molecule has 0 saturated heterocycles. The number of hydrogen-bond donors (Lipinski definition) is 0. The Kier molecular flexibility index (Phi) is 6.39. The summed E-state index contributed by atoms with van der Waals surface area (Å²) < 4.78 is 8.80. The van der Waals surface area contributed by atoms with Crippen molar-refractivity contribution in [2.24, 2.45) is 0 Å². The molecule has 6 heteroatoms. The quantitative estimate of drug-likeness (QED) is 0.187. The number of furan rings is 1. The summed E-state index contributed by atoms with van der Waals surface area (Å²) >= 11 is 0. The Balaban J connectivity index is 1.30. The molecule has 0 N–H and O–H groups in total. The largest absolute Gasteiger partial charge is 0.455 e. The molecule has 6 aromatic carbocycles. The number of fused-ring (bicyclic) bond motifs is 7. The fraction of sp³-hybridized carbons (Fsp3) is 0. The molecule has 0 atom stereocenters. The predicted molar refractivity (Wildman–Crippen MR) is 201 cm³/mol. The fourth-order valence-corrected chi connectivity index (χ4v) is 6.98. The summed E-state index contributed by atoms with van der Waals surface area (Å²) in [5, 5.41) is 4.30. The van der Waals surface area contributed by atoms with Gasteiger partial charge in [0.25, 0.3) is 0 Å². The van der Waals surface area contributed by atoms with Gasteiger partial charge in [0.05, 0.1) is 22.0 Å². The first-order valence-corrected chi connectivity index (χ1v) is 16.6. The SMILES string of the molecule is c1ccc(-c2cnc(-n3c4ccccc4c4c5oc6ccccc6c5ccc43)c(-c3nc(-c4ccccc4)nc(-c4ccccc4)n3)c2)cc1. The van der Waals surface area contributed by atoms with Crippen LogP contribution in [0.5, 0.6) is 0 Å². The standard InChI is InChI=1S/C44H27N5O/c1-4-14-28(15-5-1)31-26-35(43-47-41(29-16-6-2-7-17-29)46-42(48-43)30-18-8-3-9-19-30)44(45-27-31)49-36-22-12-10-21-34(36)39-37(49)25-24-33-32-20-11-13-23-38(32)50-40(33)39/h1-27H. The molecule has 10 rings (SSSR count). The number of rotatable bonds is 5. The lowest BCUT2D eigenvalue weighted by Gasteiger charge is -2.15. The number of hydrogen-bond acceptors (Lipinski definition) is 5. The summed E-state index contributed by atoms with van der Waals surface area (Å²) in [7, 11) is 0. The van der Waals surface area contributed by atoms with E-state index < -0.39 is 0 Å². The second-order valence-electron chi connectivity index (χ2n) is 12.3. The van der Waals surface area contributed by atoms with Gasteiger partial charge in [-0.1, -0.05) is 127 Å². The molecule has 6 nitrogen and oxygen atoms in total. The van der Waals surface area contributed by atoms with E-state index in [0.29, 0.717) is 17.5 Å². The minimum absolute atomic E-state index is 0.536. The third-order valence-electron chi connectivity index (χ3n) is 9.31. The second-order valence-corrected chi connectivity index (χ2v) is 12.3. The first kappa shape index (κ1) is 28.1. The van der Waals surface area contributed by atoms with Gasteiger partial charge in [-0.25, -0.2) is 19.9 Å². The zero-order chi connectivity index (χ0) is 33.0. The molecule has 4 heterocycles. The van der Waals surface area contributed by atoms with E-state index in [1.807, 2.05) is 97.2 Å². The second kappa shape index (κ2) is 11.4. The Labute approximate surface area is 287 Å². The van der Waals surface area contributed by atoms with Crippen LogP contribution < -0.4 is 0 Å². The summed E-state index contributed by atoms with van der Waals surface area (Å²) in [6.07, 6.45) is 1.94. The van der Waals surface area contributed by atoms with Crippen LogP contribution in [0.3, 0.4) is 0 Å². The van der Waals surface area contributed by atoms with Gasteiger partial charge in [0.1, 0.15) is 17.0 Å². The highest BCUT2D eigenvalue weighted by atomic mass is 16.3. The molecule has 234 valence electrons. The van der Waals surface area contributed by atoms with Crippen LogP contribution in [0.2, 0.25) is 0 Å². The molecule has 0 amide bonds. The van der Waals surface area contributed by atoms with Gasteiger partial charge in [-0.05, 0) is 35.9 Å². The molecule has 0 aliphatic carbocycles. The van der Waals surface area contributed by atoms with E-state index in [2.05, 4.69) is 71.3 Å². The molecule has 0 unspecified atom stereocenters. The number of nitrogens with zero attached hydrogens (tertiary/aromatic N) is 5. The van der Waals surface area contributed by atoms with E-state index in [1.165, 1.54) is 0 Å². The van der Waals surface area contributed by atoms with Crippen molar-refractivity contribution in [2.75, 3.05) is 0 Å².